The van der Waals surface area contributed by atoms with Crippen molar-refractivity contribution in [3.05, 3.63) is 0 Å². The molecule has 1 rings (SSSR count). The minimum absolute atomic E-state index is 0.0378. The molecule has 0 aliphatic carbocycles. The number of carbonyl (C=O) groups is 1. The van der Waals surface area contributed by atoms with Crippen molar-refractivity contribution in [2.24, 2.45) is 0 Å². The van der Waals surface area contributed by atoms with Crippen LogP contribution in [-0.4, -0.2) is 34.6 Å². The number of rotatable bonds is 3. The van der Waals surface area contributed by atoms with Gasteiger partial charge in [-0.3, -0.25) is 9.69 Å². The summed E-state index contributed by atoms with van der Waals surface area (Å²) < 4.78 is 5.26. The van der Waals surface area contributed by atoms with Crippen LogP contribution in [0.25, 0.3) is 0 Å². The Labute approximate surface area is 106 Å². The number of nitrogens with zero attached hydrogens (tertiary/aromatic N) is 1. The molecule has 0 aromatic rings. The van der Waals surface area contributed by atoms with Crippen molar-refractivity contribution in [1.29, 1.82) is 0 Å². The number of ether oxygens (including phenoxy) is 1. The molecule has 1 atom stereocenters. The van der Waals surface area contributed by atoms with Crippen LogP contribution in [0.3, 0.4) is 0 Å². The second-order valence-corrected chi connectivity index (χ2v) is 6.51. The van der Waals surface area contributed by atoms with E-state index < -0.39 is 0 Å². The van der Waals surface area contributed by atoms with E-state index in [1.165, 1.54) is 26.2 Å². The lowest BCUT2D eigenvalue weighted by atomic mass is 9.79. The average Bonchev–Trinajstić information content (AvgIpc) is 2.09. The molecule has 1 saturated heterocycles. The molecule has 0 spiro atoms. The Morgan fingerprint density at radius 2 is 1.71 bits per heavy atom. The Kier molecular flexibility index (Phi) is 4.23. The normalized spacial score (nSPS) is 25.3. The third kappa shape index (κ3) is 3.70. The maximum atomic E-state index is 11.0. The highest BCUT2D eigenvalue weighted by Gasteiger charge is 2.41. The topological polar surface area (TPSA) is 29.5 Å². The minimum Gasteiger partial charge on any atom is -0.461 e. The molecule has 0 radical (unpaired) electrons. The lowest BCUT2D eigenvalue weighted by Crippen LogP contribution is -2.60. The molecule has 1 fully saturated rings. The Morgan fingerprint density at radius 1 is 1.24 bits per heavy atom. The standard InChI is InChI=1S/C14H27NO2/c1-11(17-12(2)16)10-15-13(3,4)8-7-9-14(15,5)6/h11H,7-10H2,1-6H3/t11-/m1/s1. The zero-order valence-corrected chi connectivity index (χ0v) is 12.2. The Balaban J connectivity index is 2.73. The van der Waals surface area contributed by atoms with Gasteiger partial charge in [0.1, 0.15) is 6.10 Å². The van der Waals surface area contributed by atoms with Gasteiger partial charge in [-0.25, -0.2) is 0 Å². The quantitative estimate of drug-likeness (QED) is 0.711. The predicted octanol–water partition coefficient (Wildman–Crippen LogP) is 2.98. The van der Waals surface area contributed by atoms with Gasteiger partial charge in [-0.1, -0.05) is 0 Å². The van der Waals surface area contributed by atoms with Crippen LogP contribution < -0.4 is 0 Å². The molecule has 100 valence electrons. The van der Waals surface area contributed by atoms with Gasteiger partial charge in [-0.15, -0.1) is 0 Å². The Bertz CT molecular complexity index is 268. The van der Waals surface area contributed by atoms with E-state index >= 15 is 0 Å². The van der Waals surface area contributed by atoms with Crippen molar-refractivity contribution < 1.29 is 9.53 Å². The van der Waals surface area contributed by atoms with Gasteiger partial charge in [0.15, 0.2) is 0 Å². The summed E-state index contributed by atoms with van der Waals surface area (Å²) in [5.41, 5.74) is 0.381. The van der Waals surface area contributed by atoms with Gasteiger partial charge in [0.05, 0.1) is 0 Å². The average molecular weight is 241 g/mol. The fourth-order valence-corrected chi connectivity index (χ4v) is 3.11. The molecule has 0 amide bonds. The maximum Gasteiger partial charge on any atom is 0.302 e. The molecule has 0 aromatic heterocycles. The molecular formula is C14H27NO2. The summed E-state index contributed by atoms with van der Waals surface area (Å²) in [6.07, 6.45) is 3.66. The Morgan fingerprint density at radius 3 is 2.12 bits per heavy atom. The third-order valence-corrected chi connectivity index (χ3v) is 3.85. The molecule has 0 N–H and O–H groups in total. The van der Waals surface area contributed by atoms with Gasteiger partial charge < -0.3 is 4.74 Å². The van der Waals surface area contributed by atoms with Gasteiger partial charge >= 0.3 is 5.97 Å². The van der Waals surface area contributed by atoms with Crippen LogP contribution in [0.2, 0.25) is 0 Å². The van der Waals surface area contributed by atoms with E-state index in [0.29, 0.717) is 0 Å². The molecule has 1 aliphatic heterocycles. The summed E-state index contributed by atoms with van der Waals surface area (Å²) in [4.78, 5) is 13.5. The summed E-state index contributed by atoms with van der Waals surface area (Å²) in [6, 6.07) is 0. The van der Waals surface area contributed by atoms with Gasteiger partial charge in [0.2, 0.25) is 0 Å². The highest BCUT2D eigenvalue weighted by Crippen LogP contribution is 2.38. The SMILES string of the molecule is CC(=O)O[C@H](C)CN1C(C)(C)CCCC1(C)C. The van der Waals surface area contributed by atoms with Crippen LogP contribution in [0.1, 0.15) is 60.8 Å². The molecule has 0 saturated carbocycles. The van der Waals surface area contributed by atoms with E-state index in [1.807, 2.05) is 6.92 Å². The van der Waals surface area contributed by atoms with E-state index in [-0.39, 0.29) is 23.2 Å². The fraction of sp³-hybridized carbons (Fsp3) is 0.929. The highest BCUT2D eigenvalue weighted by molar-refractivity contribution is 5.66. The summed E-state index contributed by atoms with van der Waals surface area (Å²) in [6.45, 7) is 13.4. The molecule has 17 heavy (non-hydrogen) atoms. The number of hydrogen-bond acceptors (Lipinski definition) is 3. The van der Waals surface area contributed by atoms with Gasteiger partial charge in [0, 0.05) is 24.5 Å². The van der Waals surface area contributed by atoms with Crippen molar-refractivity contribution in [3.63, 3.8) is 0 Å². The van der Waals surface area contributed by atoms with E-state index in [9.17, 15) is 4.79 Å². The second kappa shape index (κ2) is 4.97. The van der Waals surface area contributed by atoms with Gasteiger partial charge in [-0.05, 0) is 53.9 Å². The maximum absolute atomic E-state index is 11.0. The van der Waals surface area contributed by atoms with E-state index in [1.54, 1.807) is 0 Å². The van der Waals surface area contributed by atoms with E-state index in [0.717, 1.165) is 6.54 Å². The summed E-state index contributed by atoms with van der Waals surface area (Å²) in [5.74, 6) is -0.190. The van der Waals surface area contributed by atoms with Gasteiger partial charge in [0.25, 0.3) is 0 Å². The van der Waals surface area contributed by atoms with Crippen LogP contribution in [0.5, 0.6) is 0 Å². The minimum atomic E-state index is -0.190. The first-order valence-electron chi connectivity index (χ1n) is 6.60. The van der Waals surface area contributed by atoms with Crippen LogP contribution in [0.15, 0.2) is 0 Å². The first kappa shape index (κ1) is 14.5. The molecule has 0 aromatic carbocycles. The predicted molar refractivity (Wildman–Crippen MR) is 69.9 cm³/mol. The lowest BCUT2D eigenvalue weighted by molar-refractivity contribution is -0.149. The summed E-state index contributed by atoms with van der Waals surface area (Å²) in [7, 11) is 0. The molecule has 1 heterocycles. The van der Waals surface area contributed by atoms with Crippen molar-refractivity contribution >= 4 is 5.97 Å². The number of likely N-dealkylation sites (tertiary alicyclic amines) is 1. The van der Waals surface area contributed by atoms with Gasteiger partial charge in [-0.2, -0.15) is 0 Å². The van der Waals surface area contributed by atoms with Crippen molar-refractivity contribution in [2.45, 2.75) is 78.0 Å². The second-order valence-electron chi connectivity index (χ2n) is 6.51. The number of carbonyl (C=O) groups excluding carboxylic acids is 1. The van der Waals surface area contributed by atoms with Crippen LogP contribution in [0.4, 0.5) is 0 Å². The first-order chi connectivity index (χ1) is 7.65. The molecular weight excluding hydrogens is 214 g/mol. The van der Waals surface area contributed by atoms with Crippen molar-refractivity contribution in [2.75, 3.05) is 6.54 Å². The molecule has 0 unspecified atom stereocenters. The van der Waals surface area contributed by atoms with Crippen molar-refractivity contribution in [1.82, 2.24) is 4.90 Å². The van der Waals surface area contributed by atoms with E-state index in [4.69, 9.17) is 4.74 Å². The zero-order chi connectivity index (χ0) is 13.3. The Hall–Kier alpha value is -0.570. The van der Waals surface area contributed by atoms with Crippen LogP contribution in [0, 0.1) is 0 Å². The number of esters is 1. The molecule has 3 nitrogen and oxygen atoms in total. The lowest BCUT2D eigenvalue weighted by Gasteiger charge is -2.53. The highest BCUT2D eigenvalue weighted by atomic mass is 16.5. The smallest absolute Gasteiger partial charge is 0.302 e. The van der Waals surface area contributed by atoms with Crippen molar-refractivity contribution in [3.8, 4) is 0 Å². The summed E-state index contributed by atoms with van der Waals surface area (Å²) >= 11 is 0. The monoisotopic (exact) mass is 241 g/mol. The fourth-order valence-electron chi connectivity index (χ4n) is 3.11. The zero-order valence-electron chi connectivity index (χ0n) is 12.2. The van der Waals surface area contributed by atoms with E-state index in [2.05, 4.69) is 32.6 Å². The third-order valence-electron chi connectivity index (χ3n) is 3.85. The van der Waals surface area contributed by atoms with Crippen LogP contribution >= 0.6 is 0 Å². The molecule has 0 bridgehead atoms. The number of piperidine rings is 1. The number of hydrogen-bond donors (Lipinski definition) is 0. The largest absolute Gasteiger partial charge is 0.461 e. The van der Waals surface area contributed by atoms with Crippen LogP contribution in [-0.2, 0) is 9.53 Å². The summed E-state index contributed by atoms with van der Waals surface area (Å²) in [5, 5.41) is 0. The first-order valence-corrected chi connectivity index (χ1v) is 6.60. The molecule has 1 aliphatic rings. The molecule has 3 heteroatoms.